The van der Waals surface area contributed by atoms with Gasteiger partial charge in [-0.05, 0) is 62.6 Å². The number of hydrogen-bond acceptors (Lipinski definition) is 4. The summed E-state index contributed by atoms with van der Waals surface area (Å²) in [6.45, 7) is 4.20. The molecule has 2 aromatic rings. The monoisotopic (exact) mass is 397 g/mol. The molecule has 6 nitrogen and oxygen atoms in total. The first-order valence-electron chi connectivity index (χ1n) is 9.22. The molecule has 0 spiro atoms. The summed E-state index contributed by atoms with van der Waals surface area (Å²) in [5.74, 6) is -0.233. The Morgan fingerprint density at radius 2 is 1.89 bits per heavy atom. The van der Waals surface area contributed by atoms with Crippen LogP contribution in [-0.2, 0) is 16.6 Å². The lowest BCUT2D eigenvalue weighted by Crippen LogP contribution is -2.36. The molecule has 0 saturated heterocycles. The number of benzene rings is 2. The SMILES string of the molecule is CC(C)N(Cc1ccc(C#N)cc1)C(=O)c1cccc(S(=O)(=O)NC2CC2)c1. The van der Waals surface area contributed by atoms with Gasteiger partial charge in [0.15, 0.2) is 0 Å². The van der Waals surface area contributed by atoms with Gasteiger partial charge in [0.1, 0.15) is 0 Å². The highest BCUT2D eigenvalue weighted by Crippen LogP contribution is 2.23. The van der Waals surface area contributed by atoms with Crippen molar-refractivity contribution in [3.05, 3.63) is 65.2 Å². The fourth-order valence-corrected chi connectivity index (χ4v) is 4.17. The Kier molecular flexibility index (Phi) is 5.82. The van der Waals surface area contributed by atoms with Gasteiger partial charge in [0.05, 0.1) is 16.5 Å². The van der Waals surface area contributed by atoms with Crippen LogP contribution < -0.4 is 4.72 Å². The average molecular weight is 398 g/mol. The number of nitrogens with one attached hydrogen (secondary N) is 1. The molecule has 0 heterocycles. The van der Waals surface area contributed by atoms with E-state index in [0.29, 0.717) is 17.7 Å². The van der Waals surface area contributed by atoms with Crippen molar-refractivity contribution in [2.45, 2.75) is 50.2 Å². The van der Waals surface area contributed by atoms with Crippen LogP contribution in [0, 0.1) is 11.3 Å². The first-order valence-corrected chi connectivity index (χ1v) is 10.7. The molecule has 146 valence electrons. The molecule has 1 fully saturated rings. The molecule has 3 rings (SSSR count). The summed E-state index contributed by atoms with van der Waals surface area (Å²) >= 11 is 0. The van der Waals surface area contributed by atoms with E-state index in [9.17, 15) is 13.2 Å². The van der Waals surface area contributed by atoms with Crippen LogP contribution in [0.3, 0.4) is 0 Å². The van der Waals surface area contributed by atoms with Crippen LogP contribution in [0.15, 0.2) is 53.4 Å². The fourth-order valence-electron chi connectivity index (χ4n) is 2.82. The number of nitriles is 1. The molecular formula is C21H23N3O3S. The van der Waals surface area contributed by atoms with Crippen LogP contribution in [0.2, 0.25) is 0 Å². The highest BCUT2D eigenvalue weighted by atomic mass is 32.2. The van der Waals surface area contributed by atoms with Gasteiger partial charge in [0.25, 0.3) is 5.91 Å². The Morgan fingerprint density at radius 3 is 2.46 bits per heavy atom. The number of carbonyl (C=O) groups excluding carboxylic acids is 1. The third-order valence-electron chi connectivity index (χ3n) is 4.61. The van der Waals surface area contributed by atoms with Gasteiger partial charge in [0.2, 0.25) is 10.0 Å². The van der Waals surface area contributed by atoms with Crippen molar-refractivity contribution in [2.75, 3.05) is 0 Å². The van der Waals surface area contributed by atoms with E-state index in [-0.39, 0.29) is 22.9 Å². The molecule has 2 aromatic carbocycles. The van der Waals surface area contributed by atoms with Crippen molar-refractivity contribution in [2.24, 2.45) is 0 Å². The zero-order valence-electron chi connectivity index (χ0n) is 15.9. The molecule has 0 radical (unpaired) electrons. The van der Waals surface area contributed by atoms with Gasteiger partial charge in [-0.2, -0.15) is 5.26 Å². The van der Waals surface area contributed by atoms with E-state index in [1.54, 1.807) is 29.2 Å². The molecule has 28 heavy (non-hydrogen) atoms. The predicted octanol–water partition coefficient (Wildman–Crippen LogP) is 3.05. The standard InChI is InChI=1S/C21H23N3O3S/c1-15(2)24(14-17-8-6-16(13-22)7-9-17)21(25)18-4-3-5-20(12-18)28(26,27)23-19-10-11-19/h3-9,12,15,19,23H,10-11,14H2,1-2H3. The summed E-state index contributed by atoms with van der Waals surface area (Å²) in [4.78, 5) is 14.9. The normalized spacial score (nSPS) is 13.9. The quantitative estimate of drug-likeness (QED) is 0.777. The maximum atomic E-state index is 13.1. The summed E-state index contributed by atoms with van der Waals surface area (Å²) in [7, 11) is -3.62. The second kappa shape index (κ2) is 8.13. The van der Waals surface area contributed by atoms with E-state index in [0.717, 1.165) is 18.4 Å². The Morgan fingerprint density at radius 1 is 1.21 bits per heavy atom. The molecular weight excluding hydrogens is 374 g/mol. The zero-order chi connectivity index (χ0) is 20.3. The molecule has 1 N–H and O–H groups in total. The topological polar surface area (TPSA) is 90.3 Å². The molecule has 0 atom stereocenters. The molecule has 0 aromatic heterocycles. The number of sulfonamides is 1. The number of nitrogens with zero attached hydrogens (tertiary/aromatic N) is 2. The molecule has 0 bridgehead atoms. The van der Waals surface area contributed by atoms with Gasteiger partial charge < -0.3 is 4.90 Å². The lowest BCUT2D eigenvalue weighted by Gasteiger charge is -2.27. The number of rotatable bonds is 7. The second-order valence-corrected chi connectivity index (χ2v) is 8.97. The zero-order valence-corrected chi connectivity index (χ0v) is 16.7. The number of carbonyl (C=O) groups is 1. The van der Waals surface area contributed by atoms with E-state index in [4.69, 9.17) is 5.26 Å². The molecule has 0 aliphatic heterocycles. The summed E-state index contributed by atoms with van der Waals surface area (Å²) in [5.41, 5.74) is 1.80. The number of amides is 1. The molecule has 0 unspecified atom stereocenters. The lowest BCUT2D eigenvalue weighted by atomic mass is 10.1. The summed E-state index contributed by atoms with van der Waals surface area (Å²) in [6.07, 6.45) is 1.70. The molecule has 1 amide bonds. The first-order chi connectivity index (χ1) is 13.3. The predicted molar refractivity (Wildman–Crippen MR) is 106 cm³/mol. The van der Waals surface area contributed by atoms with Gasteiger partial charge in [-0.25, -0.2) is 13.1 Å². The van der Waals surface area contributed by atoms with Crippen LogP contribution in [0.1, 0.15) is 48.2 Å². The molecule has 1 saturated carbocycles. The van der Waals surface area contributed by atoms with E-state index in [1.807, 2.05) is 26.0 Å². The Labute approximate surface area is 165 Å². The van der Waals surface area contributed by atoms with E-state index < -0.39 is 10.0 Å². The van der Waals surface area contributed by atoms with E-state index in [1.165, 1.54) is 12.1 Å². The minimum atomic E-state index is -3.62. The highest BCUT2D eigenvalue weighted by Gasteiger charge is 2.28. The maximum Gasteiger partial charge on any atom is 0.254 e. The molecule has 1 aliphatic carbocycles. The largest absolute Gasteiger partial charge is 0.332 e. The summed E-state index contributed by atoms with van der Waals surface area (Å²) in [5, 5.41) is 8.92. The van der Waals surface area contributed by atoms with Crippen LogP contribution in [0.25, 0.3) is 0 Å². The van der Waals surface area contributed by atoms with Crippen molar-refractivity contribution in [1.29, 1.82) is 5.26 Å². The minimum absolute atomic E-state index is 0.00732. The van der Waals surface area contributed by atoms with Crippen molar-refractivity contribution in [3.8, 4) is 6.07 Å². The van der Waals surface area contributed by atoms with Crippen LogP contribution >= 0.6 is 0 Å². The Balaban J connectivity index is 1.83. The third-order valence-corrected chi connectivity index (χ3v) is 6.13. The third kappa shape index (κ3) is 4.77. The van der Waals surface area contributed by atoms with Crippen molar-refractivity contribution in [3.63, 3.8) is 0 Å². The first kappa shape index (κ1) is 20.1. The second-order valence-electron chi connectivity index (χ2n) is 7.26. The molecule has 7 heteroatoms. The Hall–Kier alpha value is -2.69. The fraction of sp³-hybridized carbons (Fsp3) is 0.333. The van der Waals surface area contributed by atoms with Crippen LogP contribution in [-0.4, -0.2) is 31.3 Å². The van der Waals surface area contributed by atoms with Crippen molar-refractivity contribution in [1.82, 2.24) is 9.62 Å². The van der Waals surface area contributed by atoms with Gasteiger partial charge in [0, 0.05) is 24.2 Å². The van der Waals surface area contributed by atoms with Gasteiger partial charge in [-0.1, -0.05) is 18.2 Å². The van der Waals surface area contributed by atoms with E-state index in [2.05, 4.69) is 10.8 Å². The van der Waals surface area contributed by atoms with Crippen LogP contribution in [0.5, 0.6) is 0 Å². The van der Waals surface area contributed by atoms with Gasteiger partial charge in [-0.3, -0.25) is 4.79 Å². The van der Waals surface area contributed by atoms with Gasteiger partial charge in [-0.15, -0.1) is 0 Å². The minimum Gasteiger partial charge on any atom is -0.332 e. The summed E-state index contributed by atoms with van der Waals surface area (Å²) < 4.78 is 27.5. The average Bonchev–Trinajstić information content (AvgIpc) is 3.49. The smallest absolute Gasteiger partial charge is 0.254 e. The lowest BCUT2D eigenvalue weighted by molar-refractivity contribution is 0.0690. The van der Waals surface area contributed by atoms with Gasteiger partial charge >= 0.3 is 0 Å². The van der Waals surface area contributed by atoms with Crippen molar-refractivity contribution < 1.29 is 13.2 Å². The van der Waals surface area contributed by atoms with Crippen LogP contribution in [0.4, 0.5) is 0 Å². The Bertz CT molecular complexity index is 1000. The van der Waals surface area contributed by atoms with E-state index >= 15 is 0 Å². The molecule has 1 aliphatic rings. The maximum absolute atomic E-state index is 13.1. The summed E-state index contributed by atoms with van der Waals surface area (Å²) in [6, 6.07) is 15.2. The number of hydrogen-bond donors (Lipinski definition) is 1. The highest BCUT2D eigenvalue weighted by molar-refractivity contribution is 7.89. The van der Waals surface area contributed by atoms with Crippen molar-refractivity contribution >= 4 is 15.9 Å².